The molecule has 0 radical (unpaired) electrons. The van der Waals surface area contributed by atoms with E-state index in [4.69, 9.17) is 9.47 Å². The lowest BCUT2D eigenvalue weighted by molar-refractivity contribution is -0.161. The van der Waals surface area contributed by atoms with Gasteiger partial charge in [-0.2, -0.15) is 0 Å². The summed E-state index contributed by atoms with van der Waals surface area (Å²) in [5.74, 6) is 0.584. The molecule has 0 aliphatic heterocycles. The molecule has 0 heterocycles. The first-order valence-corrected chi connectivity index (χ1v) is 11.4. The number of hydrogen-bond acceptors (Lipinski definition) is 4. The lowest BCUT2D eigenvalue weighted by atomic mass is 9.70. The second-order valence-corrected chi connectivity index (χ2v) is 11.1. The predicted molar refractivity (Wildman–Crippen MR) is 112 cm³/mol. The molecule has 0 aromatic rings. The van der Waals surface area contributed by atoms with Crippen LogP contribution in [0.5, 0.6) is 0 Å². The van der Waals surface area contributed by atoms with Crippen LogP contribution in [0.2, 0.25) is 0 Å². The maximum absolute atomic E-state index is 12.3. The molecule has 0 bridgehead atoms. The van der Waals surface area contributed by atoms with Gasteiger partial charge >= 0.3 is 11.9 Å². The molecule has 2 rings (SSSR count). The van der Waals surface area contributed by atoms with Crippen molar-refractivity contribution in [2.45, 2.75) is 118 Å². The summed E-state index contributed by atoms with van der Waals surface area (Å²) in [5.41, 5.74) is 0.457. The van der Waals surface area contributed by atoms with Crippen LogP contribution in [0.15, 0.2) is 0 Å². The molecule has 0 amide bonds. The van der Waals surface area contributed by atoms with E-state index < -0.39 is 0 Å². The van der Waals surface area contributed by atoms with Crippen LogP contribution < -0.4 is 0 Å². The van der Waals surface area contributed by atoms with Gasteiger partial charge in [0.2, 0.25) is 0 Å². The van der Waals surface area contributed by atoms with Gasteiger partial charge in [-0.1, -0.05) is 48.0 Å². The fraction of sp³-hybridized carbons (Fsp3) is 0.917. The van der Waals surface area contributed by atoms with Crippen molar-refractivity contribution < 1.29 is 19.1 Å². The van der Waals surface area contributed by atoms with Gasteiger partial charge in [0.05, 0.1) is 12.8 Å². The smallest absolute Gasteiger partial charge is 0.306 e. The molecule has 2 aliphatic rings. The Labute approximate surface area is 172 Å². The fourth-order valence-electron chi connectivity index (χ4n) is 4.95. The Hall–Kier alpha value is -1.06. The van der Waals surface area contributed by atoms with Crippen LogP contribution in [0.4, 0.5) is 0 Å². The highest BCUT2D eigenvalue weighted by Gasteiger charge is 2.36. The topological polar surface area (TPSA) is 52.6 Å². The SMILES string of the molecule is CC(C)(C)C1CCC(OC(=O)CCC(=O)OC2CCCCC2C(C)(C)C)CC1. The Balaban J connectivity index is 1.70. The molecule has 2 saturated carbocycles. The van der Waals surface area contributed by atoms with Crippen LogP contribution in [0, 0.1) is 22.7 Å². The first kappa shape index (κ1) is 23.2. The minimum atomic E-state index is -0.257. The van der Waals surface area contributed by atoms with Gasteiger partial charge in [0.25, 0.3) is 0 Å². The maximum Gasteiger partial charge on any atom is 0.306 e. The number of ether oxygens (including phenoxy) is 2. The molecule has 2 unspecified atom stereocenters. The highest BCUT2D eigenvalue weighted by molar-refractivity contribution is 5.77. The van der Waals surface area contributed by atoms with Crippen molar-refractivity contribution >= 4 is 11.9 Å². The Morgan fingerprint density at radius 3 is 1.79 bits per heavy atom. The lowest BCUT2D eigenvalue weighted by Gasteiger charge is -2.39. The number of hydrogen-bond donors (Lipinski definition) is 0. The second kappa shape index (κ2) is 9.63. The summed E-state index contributed by atoms with van der Waals surface area (Å²) in [7, 11) is 0. The monoisotopic (exact) mass is 394 g/mol. The van der Waals surface area contributed by atoms with Crippen molar-refractivity contribution in [3.8, 4) is 0 Å². The highest BCUT2D eigenvalue weighted by atomic mass is 16.6. The normalized spacial score (nSPS) is 29.2. The zero-order valence-electron chi connectivity index (χ0n) is 19.0. The standard InChI is InChI=1S/C24H42O4/c1-23(2,3)17-11-13-18(14-12-17)27-21(25)15-16-22(26)28-20-10-8-7-9-19(20)24(4,5)6/h17-20H,7-16H2,1-6H3. The van der Waals surface area contributed by atoms with Crippen LogP contribution in [0.3, 0.4) is 0 Å². The third kappa shape index (κ3) is 7.08. The Morgan fingerprint density at radius 1 is 0.714 bits per heavy atom. The van der Waals surface area contributed by atoms with Gasteiger partial charge in [0.15, 0.2) is 0 Å². The Morgan fingerprint density at radius 2 is 1.25 bits per heavy atom. The first-order valence-electron chi connectivity index (χ1n) is 11.4. The Bertz CT molecular complexity index is 518. The van der Waals surface area contributed by atoms with Crippen LogP contribution in [-0.4, -0.2) is 24.1 Å². The van der Waals surface area contributed by atoms with Crippen LogP contribution in [0.1, 0.15) is 106 Å². The van der Waals surface area contributed by atoms with Crippen LogP contribution >= 0.6 is 0 Å². The van der Waals surface area contributed by atoms with Crippen molar-refractivity contribution in [3.05, 3.63) is 0 Å². The number of carbonyl (C=O) groups excluding carboxylic acids is 2. The van der Waals surface area contributed by atoms with E-state index >= 15 is 0 Å². The summed E-state index contributed by atoms with van der Waals surface area (Å²) >= 11 is 0. The minimum absolute atomic E-state index is 0.00931. The van der Waals surface area contributed by atoms with Crippen molar-refractivity contribution in [1.82, 2.24) is 0 Å². The summed E-state index contributed by atoms with van der Waals surface area (Å²) in [6.45, 7) is 13.5. The molecule has 2 atom stereocenters. The lowest BCUT2D eigenvalue weighted by Crippen LogP contribution is -2.38. The quantitative estimate of drug-likeness (QED) is 0.532. The first-order chi connectivity index (χ1) is 13.0. The molecule has 4 nitrogen and oxygen atoms in total. The molecular weight excluding hydrogens is 352 g/mol. The van der Waals surface area contributed by atoms with Crippen molar-refractivity contribution in [3.63, 3.8) is 0 Å². The minimum Gasteiger partial charge on any atom is -0.462 e. The zero-order chi connectivity index (χ0) is 20.9. The maximum atomic E-state index is 12.3. The van der Waals surface area contributed by atoms with E-state index in [-0.39, 0.29) is 42.4 Å². The second-order valence-electron chi connectivity index (χ2n) is 11.1. The predicted octanol–water partition coefficient (Wildman–Crippen LogP) is 6.06. The molecule has 162 valence electrons. The van der Waals surface area contributed by atoms with E-state index in [9.17, 15) is 9.59 Å². The molecule has 28 heavy (non-hydrogen) atoms. The van der Waals surface area contributed by atoms with Gasteiger partial charge in [-0.05, 0) is 61.7 Å². The van der Waals surface area contributed by atoms with Gasteiger partial charge < -0.3 is 9.47 Å². The van der Waals surface area contributed by atoms with Gasteiger partial charge in [-0.25, -0.2) is 0 Å². The van der Waals surface area contributed by atoms with E-state index in [1.807, 2.05) is 0 Å². The fourth-order valence-corrected chi connectivity index (χ4v) is 4.95. The van der Waals surface area contributed by atoms with E-state index in [0.717, 1.165) is 44.9 Å². The molecule has 0 aromatic heterocycles. The van der Waals surface area contributed by atoms with E-state index in [1.165, 1.54) is 6.42 Å². The molecular formula is C24H42O4. The summed E-state index contributed by atoms with van der Waals surface area (Å²) < 4.78 is 11.4. The van der Waals surface area contributed by atoms with E-state index in [2.05, 4.69) is 41.5 Å². The van der Waals surface area contributed by atoms with Gasteiger partial charge in [-0.3, -0.25) is 9.59 Å². The number of rotatable bonds is 5. The number of carbonyl (C=O) groups is 2. The van der Waals surface area contributed by atoms with Crippen LogP contribution in [0.25, 0.3) is 0 Å². The Kier molecular flexibility index (Phi) is 7.98. The largest absolute Gasteiger partial charge is 0.462 e. The zero-order valence-corrected chi connectivity index (χ0v) is 19.0. The summed E-state index contributed by atoms with van der Waals surface area (Å²) in [5, 5.41) is 0. The van der Waals surface area contributed by atoms with Crippen molar-refractivity contribution in [2.24, 2.45) is 22.7 Å². The van der Waals surface area contributed by atoms with Crippen molar-refractivity contribution in [2.75, 3.05) is 0 Å². The molecule has 2 aliphatic carbocycles. The average Bonchev–Trinajstić information content (AvgIpc) is 2.59. The van der Waals surface area contributed by atoms with Crippen molar-refractivity contribution in [1.29, 1.82) is 0 Å². The third-order valence-electron chi connectivity index (χ3n) is 6.83. The number of esters is 2. The molecule has 0 saturated heterocycles. The van der Waals surface area contributed by atoms with Crippen LogP contribution in [-0.2, 0) is 19.1 Å². The average molecular weight is 395 g/mol. The third-order valence-corrected chi connectivity index (χ3v) is 6.83. The molecule has 0 aromatic carbocycles. The molecule has 2 fully saturated rings. The summed E-state index contributed by atoms with van der Waals surface area (Å²) in [6.07, 6.45) is 8.74. The molecule has 0 spiro atoms. The highest BCUT2D eigenvalue weighted by Crippen LogP contribution is 2.40. The van der Waals surface area contributed by atoms with Gasteiger partial charge in [0, 0.05) is 5.92 Å². The summed E-state index contributed by atoms with van der Waals surface area (Å²) in [6, 6.07) is 0. The van der Waals surface area contributed by atoms with Gasteiger partial charge in [-0.15, -0.1) is 0 Å². The van der Waals surface area contributed by atoms with E-state index in [1.54, 1.807) is 0 Å². The summed E-state index contributed by atoms with van der Waals surface area (Å²) in [4.78, 5) is 24.5. The van der Waals surface area contributed by atoms with Gasteiger partial charge in [0.1, 0.15) is 12.2 Å². The molecule has 4 heteroatoms. The van der Waals surface area contributed by atoms with E-state index in [0.29, 0.717) is 17.3 Å². The molecule has 0 N–H and O–H groups in total.